The lowest BCUT2D eigenvalue weighted by molar-refractivity contribution is -1.30. The Morgan fingerprint density at radius 3 is 2.15 bits per heavy atom. The highest BCUT2D eigenvalue weighted by Crippen LogP contribution is 2.16. The molecule has 1 rings (SSSR count). The Morgan fingerprint density at radius 2 is 1.69 bits per heavy atom. The maximum absolute atomic E-state index is 11.8. The van der Waals surface area contributed by atoms with Gasteiger partial charge in [0.25, 0.3) is 0 Å². The minimum atomic E-state index is -3.73. The minimum absolute atomic E-state index is 0.609. The Morgan fingerprint density at radius 1 is 1.15 bits per heavy atom. The van der Waals surface area contributed by atoms with Gasteiger partial charge < -0.3 is 0 Å². The van der Waals surface area contributed by atoms with E-state index in [1.165, 1.54) is 12.3 Å². The highest BCUT2D eigenvalue weighted by Gasteiger charge is 2.33. The molecule has 0 radical (unpaired) electrons. The third-order valence-corrected chi connectivity index (χ3v) is 1.64. The third kappa shape index (κ3) is 3.43. The molecule has 0 spiro atoms. The zero-order valence-electron chi connectivity index (χ0n) is 7.05. The van der Waals surface area contributed by atoms with Gasteiger partial charge in [-0.3, -0.25) is 0 Å². The van der Waals surface area contributed by atoms with Crippen LogP contribution >= 0.6 is 0 Å². The van der Waals surface area contributed by atoms with Crippen LogP contribution in [0.2, 0.25) is 0 Å². The number of benzene rings is 1. The standard InChI is InChI=1S/C8H10F3N2/c1-7(12-13(9,10)11)8-5-3-2-4-6-8/h2-7,12H,1H3/q+1. The maximum Gasteiger partial charge on any atom is 0.325 e. The fourth-order valence-corrected chi connectivity index (χ4v) is 1.04. The van der Waals surface area contributed by atoms with Crippen LogP contribution in [-0.2, 0) is 0 Å². The summed E-state index contributed by atoms with van der Waals surface area (Å²) in [6, 6.07) is 7.73. The summed E-state index contributed by atoms with van der Waals surface area (Å²) in [7, 11) is 0. The maximum atomic E-state index is 11.8. The number of nitrogens with one attached hydrogen (secondary N) is 1. The van der Waals surface area contributed by atoms with Gasteiger partial charge >= 0.3 is 5.26 Å². The first-order valence-electron chi connectivity index (χ1n) is 3.80. The van der Waals surface area contributed by atoms with Crippen molar-refractivity contribution in [3.05, 3.63) is 35.9 Å². The number of quaternary nitrogens is 1. The number of nitrogens with zero attached hydrogens (tertiary/aromatic N) is 1. The molecule has 0 aliphatic heterocycles. The highest BCUT2D eigenvalue weighted by atomic mass is 19.6. The van der Waals surface area contributed by atoms with Crippen molar-refractivity contribution in [2.24, 2.45) is 0 Å². The molecule has 1 atom stereocenters. The van der Waals surface area contributed by atoms with E-state index in [2.05, 4.69) is 0 Å². The zero-order chi connectivity index (χ0) is 9.90. The van der Waals surface area contributed by atoms with Gasteiger partial charge in [0.05, 0.1) is 6.04 Å². The summed E-state index contributed by atoms with van der Waals surface area (Å²) in [5.74, 6) is 0. The van der Waals surface area contributed by atoms with E-state index in [-0.39, 0.29) is 0 Å². The van der Waals surface area contributed by atoms with Crippen molar-refractivity contribution >= 4 is 0 Å². The lowest BCUT2D eigenvalue weighted by Gasteiger charge is -2.10. The summed E-state index contributed by atoms with van der Waals surface area (Å²) in [5.41, 5.74) is 2.08. The average Bonchev–Trinajstić information content (AvgIpc) is 2.03. The van der Waals surface area contributed by atoms with Crippen molar-refractivity contribution in [3.63, 3.8) is 0 Å². The molecule has 1 aromatic carbocycles. The van der Waals surface area contributed by atoms with Crippen molar-refractivity contribution in [3.8, 4) is 0 Å². The molecule has 13 heavy (non-hydrogen) atoms. The molecule has 5 heteroatoms. The van der Waals surface area contributed by atoms with Gasteiger partial charge in [0, 0.05) is 0 Å². The van der Waals surface area contributed by atoms with Gasteiger partial charge in [-0.15, -0.1) is 0 Å². The van der Waals surface area contributed by atoms with E-state index < -0.39 is 11.3 Å². The predicted molar refractivity (Wildman–Crippen MR) is 41.6 cm³/mol. The first-order chi connectivity index (χ1) is 5.99. The second-order valence-corrected chi connectivity index (χ2v) is 2.71. The van der Waals surface area contributed by atoms with E-state index in [0.29, 0.717) is 5.56 Å². The van der Waals surface area contributed by atoms with Crippen molar-refractivity contribution in [1.82, 2.24) is 5.43 Å². The molecule has 0 saturated carbocycles. The Hall–Kier alpha value is -1.07. The molecule has 1 N–H and O–H groups in total. The molecule has 1 aromatic rings. The first kappa shape index (κ1) is 10.0. The third-order valence-electron chi connectivity index (χ3n) is 1.64. The van der Waals surface area contributed by atoms with Gasteiger partial charge in [0.15, 0.2) is 0 Å². The van der Waals surface area contributed by atoms with Crippen LogP contribution in [-0.4, -0.2) is 5.26 Å². The Balaban J connectivity index is 2.64. The summed E-state index contributed by atoms with van der Waals surface area (Å²) in [4.78, 5) is 0. The molecule has 2 nitrogen and oxygen atoms in total. The van der Waals surface area contributed by atoms with E-state index in [1.54, 1.807) is 30.3 Å². The number of hydrogen-bond acceptors (Lipinski definition) is 1. The molecule has 0 aliphatic carbocycles. The van der Waals surface area contributed by atoms with E-state index in [0.717, 1.165) is 0 Å². The van der Waals surface area contributed by atoms with E-state index in [4.69, 9.17) is 0 Å². The zero-order valence-corrected chi connectivity index (χ0v) is 7.05. The minimum Gasteiger partial charge on any atom is -0.0622 e. The van der Waals surface area contributed by atoms with Gasteiger partial charge in [0.1, 0.15) is 13.4 Å². The van der Waals surface area contributed by atoms with Crippen LogP contribution in [0.3, 0.4) is 0 Å². The summed E-state index contributed by atoms with van der Waals surface area (Å²) in [6.07, 6.45) is 0. The predicted octanol–water partition coefficient (Wildman–Crippen LogP) is 2.72. The second kappa shape index (κ2) is 3.76. The van der Waals surface area contributed by atoms with Crippen molar-refractivity contribution < 1.29 is 18.7 Å². The Kier molecular flexibility index (Phi) is 2.90. The molecule has 0 fully saturated rings. The van der Waals surface area contributed by atoms with Crippen LogP contribution < -0.4 is 5.43 Å². The fourth-order valence-electron chi connectivity index (χ4n) is 1.04. The Bertz CT molecular complexity index is 258. The number of hydrogen-bond donors (Lipinski definition) is 1. The van der Waals surface area contributed by atoms with E-state index >= 15 is 0 Å². The summed E-state index contributed by atoms with van der Waals surface area (Å²) in [6.45, 7) is 1.46. The largest absolute Gasteiger partial charge is 0.325 e. The highest BCUT2D eigenvalue weighted by molar-refractivity contribution is 5.17. The molecule has 0 amide bonds. The molecule has 1 unspecified atom stereocenters. The van der Waals surface area contributed by atoms with Gasteiger partial charge in [-0.2, -0.15) is 0 Å². The molecule has 72 valence electrons. The van der Waals surface area contributed by atoms with Crippen LogP contribution in [0.25, 0.3) is 0 Å². The average molecular weight is 191 g/mol. The molecule has 0 aromatic heterocycles. The lowest BCUT2D eigenvalue weighted by Crippen LogP contribution is -2.38. The van der Waals surface area contributed by atoms with Gasteiger partial charge in [-0.25, -0.2) is 0 Å². The van der Waals surface area contributed by atoms with Crippen LogP contribution in [0.4, 0.5) is 13.4 Å². The van der Waals surface area contributed by atoms with Crippen molar-refractivity contribution in [1.29, 1.82) is 0 Å². The Labute approximate surface area is 74.0 Å². The van der Waals surface area contributed by atoms with Crippen molar-refractivity contribution in [2.75, 3.05) is 0 Å². The summed E-state index contributed by atoms with van der Waals surface area (Å²) >= 11 is 0. The first-order valence-corrected chi connectivity index (χ1v) is 3.80. The molecule has 0 aliphatic rings. The fraction of sp³-hybridized carbons (Fsp3) is 0.250. The van der Waals surface area contributed by atoms with Gasteiger partial charge in [-0.05, 0) is 17.9 Å². The number of halogens is 3. The molecular formula is C8H10F3N2+. The molecule has 0 saturated heterocycles. The van der Waals surface area contributed by atoms with Crippen LogP contribution in [0, 0.1) is 0 Å². The molecule has 0 heterocycles. The van der Waals surface area contributed by atoms with Crippen LogP contribution in [0.1, 0.15) is 18.5 Å². The van der Waals surface area contributed by atoms with Gasteiger partial charge in [-0.1, -0.05) is 30.3 Å². The number of rotatable bonds is 3. The monoisotopic (exact) mass is 191 g/mol. The summed E-state index contributed by atoms with van der Waals surface area (Å²) < 4.78 is 35.5. The smallest absolute Gasteiger partial charge is 0.0622 e. The topological polar surface area (TPSA) is 12.0 Å². The SMILES string of the molecule is CC(N[N+](F)(F)F)c1ccccc1. The van der Waals surface area contributed by atoms with Crippen LogP contribution in [0.5, 0.6) is 0 Å². The second-order valence-electron chi connectivity index (χ2n) is 2.71. The quantitative estimate of drug-likeness (QED) is 0.572. The molecular weight excluding hydrogens is 181 g/mol. The summed E-state index contributed by atoms with van der Waals surface area (Å²) in [5, 5.41) is -3.73. The molecule has 0 bridgehead atoms. The van der Waals surface area contributed by atoms with Crippen molar-refractivity contribution in [2.45, 2.75) is 13.0 Å². The van der Waals surface area contributed by atoms with Crippen LogP contribution in [0.15, 0.2) is 30.3 Å². The normalized spacial score (nSPS) is 14.2. The van der Waals surface area contributed by atoms with Gasteiger partial charge in [0.2, 0.25) is 0 Å². The van der Waals surface area contributed by atoms with E-state index in [9.17, 15) is 13.4 Å². The van der Waals surface area contributed by atoms with E-state index in [1.807, 2.05) is 0 Å². The lowest BCUT2D eigenvalue weighted by atomic mass is 10.1.